The normalized spacial score (nSPS) is 29.2. The molecule has 18 heavy (non-hydrogen) atoms. The topological polar surface area (TPSA) is 35.5 Å². The summed E-state index contributed by atoms with van der Waals surface area (Å²) in [7, 11) is 0. The SMILES string of the molecule is CCNC1CC(CC(O)CC)CN(C(C)CC)C1. The molecule has 0 aromatic rings. The van der Waals surface area contributed by atoms with Crippen LogP contribution in [0, 0.1) is 5.92 Å². The zero-order chi connectivity index (χ0) is 13.5. The van der Waals surface area contributed by atoms with Crippen LogP contribution in [0.15, 0.2) is 0 Å². The third kappa shape index (κ3) is 4.87. The summed E-state index contributed by atoms with van der Waals surface area (Å²) in [6, 6.07) is 1.26. The van der Waals surface area contributed by atoms with Crippen molar-refractivity contribution in [2.45, 2.75) is 71.6 Å². The van der Waals surface area contributed by atoms with Gasteiger partial charge in [0.15, 0.2) is 0 Å². The Labute approximate surface area is 113 Å². The van der Waals surface area contributed by atoms with E-state index in [1.54, 1.807) is 0 Å². The van der Waals surface area contributed by atoms with Gasteiger partial charge in [0.05, 0.1) is 6.10 Å². The first-order chi connectivity index (χ1) is 8.60. The number of aliphatic hydroxyl groups excluding tert-OH is 1. The Balaban J connectivity index is 2.56. The fraction of sp³-hybridized carbons (Fsp3) is 1.00. The molecule has 0 aromatic heterocycles. The Morgan fingerprint density at radius 1 is 1.22 bits per heavy atom. The monoisotopic (exact) mass is 256 g/mol. The lowest BCUT2D eigenvalue weighted by Gasteiger charge is -2.41. The van der Waals surface area contributed by atoms with Gasteiger partial charge < -0.3 is 10.4 Å². The Morgan fingerprint density at radius 3 is 2.50 bits per heavy atom. The molecule has 4 unspecified atom stereocenters. The highest BCUT2D eigenvalue weighted by Gasteiger charge is 2.29. The van der Waals surface area contributed by atoms with Gasteiger partial charge in [-0.05, 0) is 45.1 Å². The molecule has 1 rings (SSSR count). The minimum absolute atomic E-state index is 0.117. The van der Waals surface area contributed by atoms with Gasteiger partial charge >= 0.3 is 0 Å². The highest BCUT2D eigenvalue weighted by molar-refractivity contribution is 4.86. The quantitative estimate of drug-likeness (QED) is 0.733. The summed E-state index contributed by atoms with van der Waals surface area (Å²) in [6.45, 7) is 12.2. The van der Waals surface area contributed by atoms with Crippen LogP contribution >= 0.6 is 0 Å². The number of piperidine rings is 1. The third-order valence-electron chi connectivity index (χ3n) is 4.35. The summed E-state index contributed by atoms with van der Waals surface area (Å²) < 4.78 is 0. The van der Waals surface area contributed by atoms with E-state index in [9.17, 15) is 5.11 Å². The van der Waals surface area contributed by atoms with Gasteiger partial charge in [-0.2, -0.15) is 0 Å². The van der Waals surface area contributed by atoms with Crippen molar-refractivity contribution in [2.75, 3.05) is 19.6 Å². The van der Waals surface area contributed by atoms with Crippen molar-refractivity contribution in [1.29, 1.82) is 0 Å². The Kier molecular flexibility index (Phi) is 7.20. The second-order valence-electron chi connectivity index (χ2n) is 5.87. The molecule has 1 heterocycles. The minimum Gasteiger partial charge on any atom is -0.393 e. The summed E-state index contributed by atoms with van der Waals surface area (Å²) in [5, 5.41) is 13.5. The Hall–Kier alpha value is -0.120. The van der Waals surface area contributed by atoms with Gasteiger partial charge in [0.1, 0.15) is 0 Å². The van der Waals surface area contributed by atoms with Crippen LogP contribution in [0.3, 0.4) is 0 Å². The summed E-state index contributed by atoms with van der Waals surface area (Å²) in [5.74, 6) is 0.645. The average Bonchev–Trinajstić information content (AvgIpc) is 2.37. The molecule has 108 valence electrons. The molecule has 1 aliphatic rings. The molecule has 4 atom stereocenters. The van der Waals surface area contributed by atoms with Crippen molar-refractivity contribution >= 4 is 0 Å². The first-order valence-corrected chi connectivity index (χ1v) is 7.76. The number of rotatable bonds is 7. The van der Waals surface area contributed by atoms with Gasteiger partial charge in [0.25, 0.3) is 0 Å². The van der Waals surface area contributed by atoms with Crippen molar-refractivity contribution in [2.24, 2.45) is 5.92 Å². The van der Waals surface area contributed by atoms with E-state index in [-0.39, 0.29) is 6.10 Å². The second-order valence-corrected chi connectivity index (χ2v) is 5.87. The molecule has 0 saturated carbocycles. The number of hydrogen-bond donors (Lipinski definition) is 2. The number of aliphatic hydroxyl groups is 1. The van der Waals surface area contributed by atoms with Crippen molar-refractivity contribution in [1.82, 2.24) is 10.2 Å². The maximum Gasteiger partial charge on any atom is 0.0540 e. The van der Waals surface area contributed by atoms with Crippen LogP contribution in [0.1, 0.15) is 53.4 Å². The van der Waals surface area contributed by atoms with E-state index in [1.807, 2.05) is 0 Å². The Morgan fingerprint density at radius 2 is 1.94 bits per heavy atom. The first-order valence-electron chi connectivity index (χ1n) is 7.76. The van der Waals surface area contributed by atoms with E-state index in [4.69, 9.17) is 0 Å². The highest BCUT2D eigenvalue weighted by Crippen LogP contribution is 2.24. The molecule has 0 bridgehead atoms. The summed E-state index contributed by atoms with van der Waals surface area (Å²) in [6.07, 6.45) is 4.16. The van der Waals surface area contributed by atoms with Crippen molar-refractivity contribution in [3.63, 3.8) is 0 Å². The Bertz CT molecular complexity index is 223. The van der Waals surface area contributed by atoms with Crippen molar-refractivity contribution < 1.29 is 5.11 Å². The zero-order valence-electron chi connectivity index (χ0n) is 12.7. The van der Waals surface area contributed by atoms with Gasteiger partial charge in [0, 0.05) is 25.2 Å². The van der Waals surface area contributed by atoms with E-state index >= 15 is 0 Å². The predicted octanol–water partition coefficient (Wildman–Crippen LogP) is 2.25. The molecular formula is C15H32N2O. The summed E-state index contributed by atoms with van der Waals surface area (Å²) in [4.78, 5) is 2.60. The van der Waals surface area contributed by atoms with Crippen LogP contribution in [-0.4, -0.2) is 47.8 Å². The number of hydrogen-bond acceptors (Lipinski definition) is 3. The van der Waals surface area contributed by atoms with Gasteiger partial charge in [0.2, 0.25) is 0 Å². The molecule has 0 amide bonds. The maximum atomic E-state index is 9.87. The standard InChI is InChI=1S/C15H32N2O/c1-5-12(4)17-10-13(9-15(18)6-2)8-14(11-17)16-7-3/h12-16,18H,5-11H2,1-4H3. The van der Waals surface area contributed by atoms with Crippen LogP contribution in [0.25, 0.3) is 0 Å². The van der Waals surface area contributed by atoms with Crippen molar-refractivity contribution in [3.05, 3.63) is 0 Å². The van der Waals surface area contributed by atoms with Gasteiger partial charge in [-0.25, -0.2) is 0 Å². The zero-order valence-corrected chi connectivity index (χ0v) is 12.7. The largest absolute Gasteiger partial charge is 0.393 e. The van der Waals surface area contributed by atoms with Crippen LogP contribution in [0.2, 0.25) is 0 Å². The van der Waals surface area contributed by atoms with Crippen LogP contribution in [0.5, 0.6) is 0 Å². The lowest BCUT2D eigenvalue weighted by Crippen LogP contribution is -2.52. The van der Waals surface area contributed by atoms with Gasteiger partial charge in [-0.3, -0.25) is 4.90 Å². The summed E-state index contributed by atoms with van der Waals surface area (Å²) >= 11 is 0. The number of nitrogens with one attached hydrogen (secondary N) is 1. The predicted molar refractivity (Wildman–Crippen MR) is 77.8 cm³/mol. The molecule has 0 spiro atoms. The third-order valence-corrected chi connectivity index (χ3v) is 4.35. The smallest absolute Gasteiger partial charge is 0.0540 e. The van der Waals surface area contributed by atoms with Crippen LogP contribution in [-0.2, 0) is 0 Å². The van der Waals surface area contributed by atoms with E-state index in [0.29, 0.717) is 18.0 Å². The van der Waals surface area contributed by atoms with Gasteiger partial charge in [-0.15, -0.1) is 0 Å². The average molecular weight is 256 g/mol. The minimum atomic E-state index is -0.117. The van der Waals surface area contributed by atoms with E-state index in [0.717, 1.165) is 25.9 Å². The maximum absolute atomic E-state index is 9.87. The number of nitrogens with zero attached hydrogens (tertiary/aromatic N) is 1. The molecule has 3 heteroatoms. The second kappa shape index (κ2) is 8.13. The lowest BCUT2D eigenvalue weighted by atomic mass is 9.88. The highest BCUT2D eigenvalue weighted by atomic mass is 16.3. The first kappa shape index (κ1) is 15.9. The molecule has 1 saturated heterocycles. The molecule has 2 N–H and O–H groups in total. The molecule has 3 nitrogen and oxygen atoms in total. The number of likely N-dealkylation sites (N-methyl/N-ethyl adjacent to an activating group) is 1. The van der Waals surface area contributed by atoms with E-state index < -0.39 is 0 Å². The molecule has 0 aromatic carbocycles. The van der Waals surface area contributed by atoms with E-state index in [2.05, 4.69) is 37.9 Å². The fourth-order valence-corrected chi connectivity index (χ4v) is 3.02. The summed E-state index contributed by atoms with van der Waals surface area (Å²) in [5.41, 5.74) is 0. The molecular weight excluding hydrogens is 224 g/mol. The lowest BCUT2D eigenvalue weighted by molar-refractivity contribution is 0.0650. The van der Waals surface area contributed by atoms with Crippen molar-refractivity contribution in [3.8, 4) is 0 Å². The van der Waals surface area contributed by atoms with Crippen LogP contribution in [0.4, 0.5) is 0 Å². The fourth-order valence-electron chi connectivity index (χ4n) is 3.02. The molecule has 1 aliphatic heterocycles. The molecule has 1 fully saturated rings. The van der Waals surface area contributed by atoms with Gasteiger partial charge in [-0.1, -0.05) is 20.8 Å². The van der Waals surface area contributed by atoms with E-state index in [1.165, 1.54) is 19.4 Å². The molecule has 0 radical (unpaired) electrons. The van der Waals surface area contributed by atoms with Crippen LogP contribution < -0.4 is 5.32 Å². The molecule has 0 aliphatic carbocycles. The number of likely N-dealkylation sites (tertiary alicyclic amines) is 1.